The summed E-state index contributed by atoms with van der Waals surface area (Å²) in [6.07, 6.45) is -0.206. The smallest absolute Gasteiger partial charge is 0.352 e. The van der Waals surface area contributed by atoms with Gasteiger partial charge in [0, 0.05) is 23.0 Å². The molecule has 4 rings (SSSR count). The summed E-state index contributed by atoms with van der Waals surface area (Å²) in [5, 5.41) is 35.8. The number of aliphatic carboxylic acids is 2. The zero-order chi connectivity index (χ0) is 32.2. The second-order valence-corrected chi connectivity index (χ2v) is 12.8. The Bertz CT molecular complexity index is 1530. The van der Waals surface area contributed by atoms with Crippen LogP contribution in [0.15, 0.2) is 21.6 Å². The summed E-state index contributed by atoms with van der Waals surface area (Å²) in [4.78, 5) is 71.4. The molecule has 2 aliphatic heterocycles. The number of aromatic nitrogens is 6. The molecular formula is C22H26N10O9S3. The number of carbonyl (C=O) groups excluding carboxylic acids is 3. The van der Waals surface area contributed by atoms with Crippen LogP contribution in [0.2, 0.25) is 0 Å². The molecule has 2 atom stereocenters. The van der Waals surface area contributed by atoms with Gasteiger partial charge in [-0.3, -0.25) is 19.3 Å². The Hall–Kier alpha value is -4.31. The highest BCUT2D eigenvalue weighted by atomic mass is 32.2. The fourth-order valence-electron chi connectivity index (χ4n) is 3.83. The first kappa shape index (κ1) is 32.6. The van der Waals surface area contributed by atoms with Gasteiger partial charge in [-0.25, -0.2) is 14.3 Å². The maximum atomic E-state index is 13.2. The van der Waals surface area contributed by atoms with Crippen molar-refractivity contribution in [1.29, 1.82) is 0 Å². The zero-order valence-corrected chi connectivity index (χ0v) is 25.8. The molecule has 2 aliphatic rings. The lowest BCUT2D eigenvalue weighted by Crippen LogP contribution is -2.71. The number of nitrogens with zero attached hydrogens (tertiary/aromatic N) is 8. The first-order valence-electron chi connectivity index (χ1n) is 12.6. The molecule has 1 saturated heterocycles. The Morgan fingerprint density at radius 2 is 2.00 bits per heavy atom. The van der Waals surface area contributed by atoms with Crippen molar-refractivity contribution in [3.8, 4) is 0 Å². The van der Waals surface area contributed by atoms with E-state index in [1.165, 1.54) is 16.4 Å². The number of fused-ring (bicyclic) bond motifs is 1. The summed E-state index contributed by atoms with van der Waals surface area (Å²) in [7, 11) is 0. The lowest BCUT2D eigenvalue weighted by atomic mass is 10.0. The first-order valence-corrected chi connectivity index (χ1v) is 15.4. The molecule has 5 N–H and O–H groups in total. The minimum absolute atomic E-state index is 0.0265. The van der Waals surface area contributed by atoms with Gasteiger partial charge in [0.15, 0.2) is 5.13 Å². The number of anilines is 1. The van der Waals surface area contributed by atoms with E-state index in [2.05, 4.69) is 35.4 Å². The number of carbonyl (C=O) groups is 5. The fraction of sp³-hybridized carbons (Fsp3) is 0.500. The highest BCUT2D eigenvalue weighted by Crippen LogP contribution is 2.41. The van der Waals surface area contributed by atoms with Gasteiger partial charge in [0.2, 0.25) is 23.3 Å². The van der Waals surface area contributed by atoms with Crippen molar-refractivity contribution in [2.75, 3.05) is 23.8 Å². The summed E-state index contributed by atoms with van der Waals surface area (Å²) in [5.74, 6) is -4.59. The molecular weight excluding hydrogens is 645 g/mol. The Labute approximate surface area is 260 Å². The standard InChI is InChI=1S/C22H26N10O9S3/c1-22(2,3)41-11(35)6-40-27-12(15-25-20(23)44-28-15)16(36)24-13-17(37)32-14(19(38)39)9(7-42-18(13)32)8-43-21-26-29-30-31(21)5-4-10(33)34/h13,18H,4-8H2,1-3H3,(H,24,36)(H,33,34)(H,38,39)(H2,23,25,28)/t13?,18-/m0/s1. The number of ether oxygens (including phenoxy) is 1. The van der Waals surface area contributed by atoms with E-state index in [0.717, 1.165) is 28.2 Å². The number of nitrogen functional groups attached to an aromatic ring is 1. The van der Waals surface area contributed by atoms with Crippen LogP contribution < -0.4 is 11.1 Å². The number of thioether (sulfide) groups is 2. The van der Waals surface area contributed by atoms with E-state index in [9.17, 15) is 29.1 Å². The van der Waals surface area contributed by atoms with Gasteiger partial charge in [0.05, 0.1) is 13.0 Å². The first-order chi connectivity index (χ1) is 20.7. The number of nitrogens with one attached hydrogen (secondary N) is 1. The van der Waals surface area contributed by atoms with Crippen LogP contribution in [0.1, 0.15) is 33.0 Å². The molecule has 1 fully saturated rings. The van der Waals surface area contributed by atoms with E-state index in [0.29, 0.717) is 5.57 Å². The molecule has 19 nitrogen and oxygen atoms in total. The van der Waals surface area contributed by atoms with Crippen molar-refractivity contribution in [2.45, 2.75) is 55.9 Å². The van der Waals surface area contributed by atoms with Crippen molar-refractivity contribution >= 4 is 75.6 Å². The molecule has 2 amide bonds. The van der Waals surface area contributed by atoms with E-state index >= 15 is 0 Å². The van der Waals surface area contributed by atoms with Crippen LogP contribution in [-0.2, 0) is 40.1 Å². The van der Waals surface area contributed by atoms with E-state index < -0.39 is 59.1 Å². The maximum absolute atomic E-state index is 13.2. The average molecular weight is 671 g/mol. The SMILES string of the molecule is CC(C)(C)OC(=O)CON=C(C(=O)NC1C(=O)N2C(C(=O)O)=C(CSc3nnnn3CCC(=O)O)CS[C@@H]12)c1nsc(N)n1. The quantitative estimate of drug-likeness (QED) is 0.0666. The minimum atomic E-state index is -1.34. The Balaban J connectivity index is 1.45. The number of nitrogens with two attached hydrogens (primary N) is 1. The average Bonchev–Trinajstić information content (AvgIpc) is 3.58. The lowest BCUT2D eigenvalue weighted by molar-refractivity contribution is -0.160. The Morgan fingerprint density at radius 1 is 1.25 bits per heavy atom. The van der Waals surface area contributed by atoms with Crippen LogP contribution in [0.25, 0.3) is 0 Å². The van der Waals surface area contributed by atoms with Gasteiger partial charge in [-0.05, 0) is 36.8 Å². The van der Waals surface area contributed by atoms with Crippen LogP contribution in [0.3, 0.4) is 0 Å². The number of oxime groups is 1. The molecule has 22 heteroatoms. The highest BCUT2D eigenvalue weighted by molar-refractivity contribution is 8.01. The number of β-lactam (4-membered cyclic amide) rings is 1. The van der Waals surface area contributed by atoms with E-state index in [1.54, 1.807) is 20.8 Å². The summed E-state index contributed by atoms with van der Waals surface area (Å²) < 4.78 is 10.4. The fourth-order valence-corrected chi connectivity index (χ4v) is 6.66. The largest absolute Gasteiger partial charge is 0.481 e. The molecule has 2 aromatic heterocycles. The van der Waals surface area contributed by atoms with Crippen molar-refractivity contribution in [1.82, 2.24) is 39.8 Å². The number of carboxylic acid groups (broad SMARTS) is 2. The van der Waals surface area contributed by atoms with Crippen molar-refractivity contribution in [2.24, 2.45) is 5.16 Å². The zero-order valence-electron chi connectivity index (χ0n) is 23.3. The van der Waals surface area contributed by atoms with Gasteiger partial charge >= 0.3 is 17.9 Å². The number of amides is 2. The van der Waals surface area contributed by atoms with Gasteiger partial charge in [0.25, 0.3) is 11.8 Å². The minimum Gasteiger partial charge on any atom is -0.481 e. The van der Waals surface area contributed by atoms with Crippen LogP contribution in [0.5, 0.6) is 0 Å². The Morgan fingerprint density at radius 3 is 2.64 bits per heavy atom. The molecule has 0 aliphatic carbocycles. The predicted octanol–water partition coefficient (Wildman–Crippen LogP) is -0.825. The summed E-state index contributed by atoms with van der Waals surface area (Å²) in [6.45, 7) is 4.40. The number of tetrazole rings is 1. The molecule has 0 radical (unpaired) electrons. The third kappa shape index (κ3) is 7.79. The van der Waals surface area contributed by atoms with Crippen molar-refractivity contribution in [3.63, 3.8) is 0 Å². The third-order valence-electron chi connectivity index (χ3n) is 5.58. The molecule has 1 unspecified atom stereocenters. The molecule has 0 saturated carbocycles. The lowest BCUT2D eigenvalue weighted by Gasteiger charge is -2.49. The number of hydrogen-bond acceptors (Lipinski definition) is 17. The second kappa shape index (κ2) is 13.5. The predicted molar refractivity (Wildman–Crippen MR) is 153 cm³/mol. The van der Waals surface area contributed by atoms with Crippen LogP contribution in [-0.4, -0.2) is 115 Å². The topological polar surface area (TPSA) is 267 Å². The molecule has 4 heterocycles. The summed E-state index contributed by atoms with van der Waals surface area (Å²) in [6, 6.07) is -1.12. The molecule has 2 aromatic rings. The number of rotatable bonds is 13. The third-order valence-corrected chi connectivity index (χ3v) is 8.50. The number of esters is 1. The molecule has 0 aromatic carbocycles. The van der Waals surface area contributed by atoms with Crippen LogP contribution in [0, 0.1) is 0 Å². The summed E-state index contributed by atoms with van der Waals surface area (Å²) >= 11 is 3.11. The molecule has 44 heavy (non-hydrogen) atoms. The maximum Gasteiger partial charge on any atom is 0.352 e. The van der Waals surface area contributed by atoms with E-state index in [1.807, 2.05) is 0 Å². The van der Waals surface area contributed by atoms with Gasteiger partial charge in [0.1, 0.15) is 22.7 Å². The summed E-state index contributed by atoms with van der Waals surface area (Å²) in [5.41, 5.74) is 4.59. The van der Waals surface area contributed by atoms with E-state index in [4.69, 9.17) is 20.4 Å². The molecule has 0 spiro atoms. The molecule has 236 valence electrons. The van der Waals surface area contributed by atoms with Gasteiger partial charge < -0.3 is 30.8 Å². The van der Waals surface area contributed by atoms with Crippen LogP contribution >= 0.6 is 35.1 Å². The monoisotopic (exact) mass is 670 g/mol. The van der Waals surface area contributed by atoms with Gasteiger partial charge in [-0.1, -0.05) is 16.9 Å². The van der Waals surface area contributed by atoms with E-state index in [-0.39, 0.29) is 46.3 Å². The van der Waals surface area contributed by atoms with Gasteiger partial charge in [-0.15, -0.1) is 16.9 Å². The van der Waals surface area contributed by atoms with Crippen molar-refractivity contribution < 1.29 is 43.8 Å². The number of hydrogen-bond donors (Lipinski definition) is 4. The second-order valence-electron chi connectivity index (χ2n) is 9.99. The van der Waals surface area contributed by atoms with Gasteiger partial charge in [-0.2, -0.15) is 9.36 Å². The number of aryl methyl sites for hydroxylation is 1. The Kier molecular flexibility index (Phi) is 10.0. The van der Waals surface area contributed by atoms with Crippen LogP contribution in [0.4, 0.5) is 5.13 Å². The number of carboxylic acids is 2. The van der Waals surface area contributed by atoms with Crippen molar-refractivity contribution in [3.05, 3.63) is 17.1 Å². The highest BCUT2D eigenvalue weighted by Gasteiger charge is 2.54. The molecule has 0 bridgehead atoms. The normalized spacial score (nSPS) is 18.4.